The molecule has 1 aromatic rings. The Morgan fingerprint density at radius 2 is 2.21 bits per heavy atom. The Morgan fingerprint density at radius 1 is 1.46 bits per heavy atom. The van der Waals surface area contributed by atoms with Crippen molar-refractivity contribution in [3.63, 3.8) is 0 Å². The maximum atomic E-state index is 11.3. The van der Waals surface area contributed by atoms with E-state index in [1.807, 2.05) is 6.07 Å². The summed E-state index contributed by atoms with van der Waals surface area (Å²) in [5.41, 5.74) is 2.41. The topological polar surface area (TPSA) is 70.2 Å². The van der Waals surface area contributed by atoms with Gasteiger partial charge in [-0.2, -0.15) is 5.26 Å². The molecule has 0 spiro atoms. The van der Waals surface area contributed by atoms with Crippen LogP contribution in [0.4, 0.5) is 5.69 Å². The van der Waals surface area contributed by atoms with Gasteiger partial charge in [0.2, 0.25) is 0 Å². The lowest BCUT2D eigenvalue weighted by Crippen LogP contribution is -2.58. The second kappa shape index (κ2) is 5.29. The number of nitro groups is 1. The molecule has 1 heterocycles. The van der Waals surface area contributed by atoms with Crippen LogP contribution in [0, 0.1) is 33.3 Å². The number of likely N-dealkylation sites (tertiary alicyclic amines) is 1. The standard InChI is InChI=1S/C19H23N3O2/c1-12-17-8-14-9-18(22(23)24)15(10-20)7-16(14)19(12,2)5-6-21(17)11-13-3-4-13/h7,9,12-13,17H,3-6,8,11H2,1-2H3/t12-,17-,19-/m1/s1. The van der Waals surface area contributed by atoms with Crippen molar-refractivity contribution in [3.05, 3.63) is 38.9 Å². The van der Waals surface area contributed by atoms with Crippen LogP contribution < -0.4 is 0 Å². The fraction of sp³-hybridized carbons (Fsp3) is 0.632. The first-order valence-electron chi connectivity index (χ1n) is 8.90. The number of piperidine rings is 1. The highest BCUT2D eigenvalue weighted by atomic mass is 16.6. The highest BCUT2D eigenvalue weighted by Gasteiger charge is 2.49. The van der Waals surface area contributed by atoms with Gasteiger partial charge < -0.3 is 0 Å². The summed E-state index contributed by atoms with van der Waals surface area (Å²) in [6, 6.07) is 5.96. The van der Waals surface area contributed by atoms with Crippen molar-refractivity contribution < 1.29 is 4.92 Å². The van der Waals surface area contributed by atoms with E-state index in [-0.39, 0.29) is 16.7 Å². The Balaban J connectivity index is 1.78. The van der Waals surface area contributed by atoms with E-state index >= 15 is 0 Å². The molecule has 1 saturated heterocycles. The van der Waals surface area contributed by atoms with E-state index in [4.69, 9.17) is 0 Å². The van der Waals surface area contributed by atoms with Crippen molar-refractivity contribution in [2.24, 2.45) is 11.8 Å². The molecule has 0 amide bonds. The van der Waals surface area contributed by atoms with Gasteiger partial charge in [-0.05, 0) is 66.7 Å². The predicted octanol–water partition coefficient (Wildman–Crippen LogP) is 3.40. The number of hydrogen-bond donors (Lipinski definition) is 0. The van der Waals surface area contributed by atoms with Crippen molar-refractivity contribution in [3.8, 4) is 6.07 Å². The molecule has 1 saturated carbocycles. The van der Waals surface area contributed by atoms with E-state index in [0.717, 1.165) is 30.9 Å². The lowest BCUT2D eigenvalue weighted by molar-refractivity contribution is -0.385. The number of hydrogen-bond acceptors (Lipinski definition) is 4. The summed E-state index contributed by atoms with van der Waals surface area (Å²) in [4.78, 5) is 13.5. The summed E-state index contributed by atoms with van der Waals surface area (Å²) < 4.78 is 0. The van der Waals surface area contributed by atoms with E-state index in [0.29, 0.717) is 12.0 Å². The number of nitro benzene ring substituents is 1. The summed E-state index contributed by atoms with van der Waals surface area (Å²) in [5, 5.41) is 20.6. The van der Waals surface area contributed by atoms with Gasteiger partial charge in [0.15, 0.2) is 0 Å². The van der Waals surface area contributed by atoms with Gasteiger partial charge in [0.25, 0.3) is 5.69 Å². The summed E-state index contributed by atoms with van der Waals surface area (Å²) in [6.45, 7) is 6.88. The van der Waals surface area contributed by atoms with Gasteiger partial charge in [-0.25, -0.2) is 0 Å². The molecule has 3 aliphatic rings. The van der Waals surface area contributed by atoms with Gasteiger partial charge in [0.1, 0.15) is 11.6 Å². The molecule has 1 aromatic carbocycles. The van der Waals surface area contributed by atoms with E-state index in [1.54, 1.807) is 12.1 Å². The molecule has 0 radical (unpaired) electrons. The van der Waals surface area contributed by atoms with Crippen LogP contribution in [0.5, 0.6) is 0 Å². The summed E-state index contributed by atoms with van der Waals surface area (Å²) in [6.07, 6.45) is 4.63. The van der Waals surface area contributed by atoms with Crippen molar-refractivity contribution >= 4 is 5.69 Å². The molecule has 126 valence electrons. The molecule has 5 nitrogen and oxygen atoms in total. The molecule has 2 aliphatic carbocycles. The third kappa shape index (κ3) is 2.24. The second-order valence-electron chi connectivity index (χ2n) is 8.06. The average molecular weight is 325 g/mol. The van der Waals surface area contributed by atoms with E-state index < -0.39 is 4.92 Å². The Morgan fingerprint density at radius 3 is 2.83 bits per heavy atom. The maximum Gasteiger partial charge on any atom is 0.287 e. The smallest absolute Gasteiger partial charge is 0.287 e. The molecule has 2 bridgehead atoms. The van der Waals surface area contributed by atoms with Crippen molar-refractivity contribution in [2.45, 2.75) is 51.0 Å². The predicted molar refractivity (Wildman–Crippen MR) is 90.7 cm³/mol. The highest BCUT2D eigenvalue weighted by Crippen LogP contribution is 2.50. The minimum Gasteiger partial charge on any atom is -0.299 e. The van der Waals surface area contributed by atoms with E-state index in [2.05, 4.69) is 18.7 Å². The number of benzene rings is 1. The first-order chi connectivity index (χ1) is 11.4. The average Bonchev–Trinajstić information content (AvgIpc) is 3.36. The lowest BCUT2D eigenvalue weighted by atomic mass is 9.58. The summed E-state index contributed by atoms with van der Waals surface area (Å²) in [7, 11) is 0. The van der Waals surface area contributed by atoms with Crippen LogP contribution in [-0.4, -0.2) is 29.0 Å². The van der Waals surface area contributed by atoms with Crippen molar-refractivity contribution in [2.75, 3.05) is 13.1 Å². The molecule has 24 heavy (non-hydrogen) atoms. The third-order valence-corrected chi connectivity index (χ3v) is 6.74. The van der Waals surface area contributed by atoms with Gasteiger partial charge in [-0.3, -0.25) is 15.0 Å². The van der Waals surface area contributed by atoms with Crippen LogP contribution in [0.15, 0.2) is 12.1 Å². The van der Waals surface area contributed by atoms with Crippen LogP contribution in [0.25, 0.3) is 0 Å². The zero-order chi connectivity index (χ0) is 17.1. The fourth-order valence-electron chi connectivity index (χ4n) is 4.85. The molecule has 5 heteroatoms. The first-order valence-corrected chi connectivity index (χ1v) is 8.90. The van der Waals surface area contributed by atoms with Crippen molar-refractivity contribution in [1.29, 1.82) is 5.26 Å². The SMILES string of the molecule is C[C@@H]1[C@H]2Cc3cc([N+](=O)[O-])c(C#N)cc3[C@]1(C)CCN2CC1CC1. The molecular formula is C19H23N3O2. The minimum atomic E-state index is -0.420. The molecule has 0 unspecified atom stereocenters. The van der Waals surface area contributed by atoms with Crippen LogP contribution in [0.1, 0.15) is 49.8 Å². The van der Waals surface area contributed by atoms with Crippen LogP contribution in [-0.2, 0) is 11.8 Å². The zero-order valence-electron chi connectivity index (χ0n) is 14.3. The van der Waals surface area contributed by atoms with E-state index in [1.165, 1.54) is 24.9 Å². The van der Waals surface area contributed by atoms with Crippen LogP contribution >= 0.6 is 0 Å². The second-order valence-corrected chi connectivity index (χ2v) is 8.06. The number of fused-ring (bicyclic) bond motifs is 4. The third-order valence-electron chi connectivity index (χ3n) is 6.74. The minimum absolute atomic E-state index is 0.0129. The Kier molecular flexibility index (Phi) is 3.43. The van der Waals surface area contributed by atoms with Gasteiger partial charge in [-0.15, -0.1) is 0 Å². The zero-order valence-corrected chi connectivity index (χ0v) is 14.3. The first kappa shape index (κ1) is 15.6. The Hall–Kier alpha value is -1.93. The normalized spacial score (nSPS) is 32.0. The van der Waals surface area contributed by atoms with Gasteiger partial charge in [0, 0.05) is 18.7 Å². The maximum absolute atomic E-state index is 11.3. The quantitative estimate of drug-likeness (QED) is 0.631. The van der Waals surface area contributed by atoms with Crippen LogP contribution in [0.3, 0.4) is 0 Å². The largest absolute Gasteiger partial charge is 0.299 e. The summed E-state index contributed by atoms with van der Waals surface area (Å²) >= 11 is 0. The highest BCUT2D eigenvalue weighted by molar-refractivity contribution is 5.56. The van der Waals surface area contributed by atoms with Gasteiger partial charge >= 0.3 is 0 Å². The molecule has 2 fully saturated rings. The molecule has 3 atom stereocenters. The van der Waals surface area contributed by atoms with Gasteiger partial charge in [-0.1, -0.05) is 13.8 Å². The number of rotatable bonds is 3. The number of nitriles is 1. The lowest BCUT2D eigenvalue weighted by Gasteiger charge is -2.54. The molecule has 0 aromatic heterocycles. The number of nitrogens with zero attached hydrogens (tertiary/aromatic N) is 3. The molecule has 4 rings (SSSR count). The Bertz CT molecular complexity index is 750. The van der Waals surface area contributed by atoms with Gasteiger partial charge in [0.05, 0.1) is 4.92 Å². The molecule has 1 aliphatic heterocycles. The summed E-state index contributed by atoms with van der Waals surface area (Å²) in [5.74, 6) is 1.36. The fourth-order valence-corrected chi connectivity index (χ4v) is 4.85. The van der Waals surface area contributed by atoms with E-state index in [9.17, 15) is 15.4 Å². The molecule has 0 N–H and O–H groups in total. The monoisotopic (exact) mass is 325 g/mol. The van der Waals surface area contributed by atoms with Crippen molar-refractivity contribution in [1.82, 2.24) is 4.90 Å². The molecular weight excluding hydrogens is 302 g/mol. The van der Waals surface area contributed by atoms with Crippen LogP contribution in [0.2, 0.25) is 0 Å². The Labute approximate surface area is 142 Å².